The number of rotatable bonds is 57. The highest BCUT2D eigenvalue weighted by molar-refractivity contribution is 7.47. The Balaban J connectivity index is 3.92. The number of phosphoric ester groups is 1. The van der Waals surface area contributed by atoms with Crippen molar-refractivity contribution in [3.8, 4) is 0 Å². The third-order valence-corrected chi connectivity index (χ3v) is 13.8. The summed E-state index contributed by atoms with van der Waals surface area (Å²) in [6.07, 6.45) is 85.7. The van der Waals surface area contributed by atoms with Crippen LogP contribution in [-0.2, 0) is 32.7 Å². The van der Waals surface area contributed by atoms with Crippen molar-refractivity contribution in [1.29, 1.82) is 0 Å². The van der Waals surface area contributed by atoms with Crippen LogP contribution in [0.4, 0.5) is 0 Å². The highest BCUT2D eigenvalue weighted by Crippen LogP contribution is 2.43. The number of hydrogen-bond donors (Lipinski definition) is 2. The van der Waals surface area contributed by atoms with Crippen molar-refractivity contribution in [2.45, 2.75) is 264 Å². The number of phosphoric acid groups is 1. The fourth-order valence-electron chi connectivity index (χ4n) is 8.34. The molecule has 0 aromatic carbocycles. The lowest BCUT2D eigenvalue weighted by molar-refractivity contribution is -0.161. The van der Waals surface area contributed by atoms with Gasteiger partial charge in [0.1, 0.15) is 6.61 Å². The molecule has 9 nitrogen and oxygen atoms in total. The Morgan fingerprint density at radius 3 is 1.03 bits per heavy atom. The Labute approximate surface area is 472 Å². The van der Waals surface area contributed by atoms with E-state index in [1.54, 1.807) is 0 Å². The molecule has 10 heteroatoms. The first kappa shape index (κ1) is 73.4. The molecule has 2 atom stereocenters. The average molecular weight is 1090 g/mol. The number of carbonyl (C=O) groups excluding carboxylic acids is 2. The number of allylic oxidation sites excluding steroid dienone is 20. The largest absolute Gasteiger partial charge is 0.472 e. The molecular formula is C67H114NO8P. The molecule has 0 heterocycles. The van der Waals surface area contributed by atoms with E-state index in [4.69, 9.17) is 24.3 Å². The Hall–Kier alpha value is -3.59. The quantitative estimate of drug-likeness (QED) is 0.0264. The Kier molecular flexibility index (Phi) is 58.7. The van der Waals surface area contributed by atoms with Gasteiger partial charge in [-0.3, -0.25) is 18.6 Å². The van der Waals surface area contributed by atoms with Crippen LogP contribution in [0.25, 0.3) is 0 Å². The maximum atomic E-state index is 12.7. The van der Waals surface area contributed by atoms with Gasteiger partial charge in [0.15, 0.2) is 6.10 Å². The van der Waals surface area contributed by atoms with E-state index in [9.17, 15) is 19.0 Å². The molecule has 0 aromatic heterocycles. The van der Waals surface area contributed by atoms with E-state index in [0.717, 1.165) is 96.3 Å². The normalized spacial score (nSPS) is 13.9. The summed E-state index contributed by atoms with van der Waals surface area (Å²) in [6.45, 7) is 3.47. The molecule has 0 aromatic rings. The van der Waals surface area contributed by atoms with Crippen LogP contribution in [0.1, 0.15) is 258 Å². The summed E-state index contributed by atoms with van der Waals surface area (Å²) >= 11 is 0. The molecule has 0 saturated carbocycles. The van der Waals surface area contributed by atoms with E-state index in [0.29, 0.717) is 6.42 Å². The van der Waals surface area contributed by atoms with Crippen LogP contribution in [-0.4, -0.2) is 49.3 Å². The molecule has 0 spiro atoms. The van der Waals surface area contributed by atoms with Crippen LogP contribution < -0.4 is 5.73 Å². The fraction of sp³-hybridized carbons (Fsp3) is 0.672. The van der Waals surface area contributed by atoms with Gasteiger partial charge in [-0.2, -0.15) is 0 Å². The summed E-state index contributed by atoms with van der Waals surface area (Å²) in [5, 5.41) is 0. The van der Waals surface area contributed by atoms with Gasteiger partial charge in [-0.05, 0) is 103 Å². The molecule has 0 radical (unpaired) electrons. The molecule has 0 aliphatic rings. The third-order valence-electron chi connectivity index (χ3n) is 12.8. The van der Waals surface area contributed by atoms with Crippen LogP contribution in [0.5, 0.6) is 0 Å². The van der Waals surface area contributed by atoms with E-state index < -0.39 is 32.5 Å². The van der Waals surface area contributed by atoms with Crippen LogP contribution in [0.15, 0.2) is 122 Å². The van der Waals surface area contributed by atoms with E-state index in [2.05, 4.69) is 135 Å². The molecule has 0 saturated heterocycles. The predicted octanol–water partition coefficient (Wildman–Crippen LogP) is 20.0. The van der Waals surface area contributed by atoms with E-state index in [1.165, 1.54) is 128 Å². The highest BCUT2D eigenvalue weighted by atomic mass is 31.2. The van der Waals surface area contributed by atoms with Crippen LogP contribution >= 0.6 is 7.82 Å². The zero-order valence-electron chi connectivity index (χ0n) is 49.2. The highest BCUT2D eigenvalue weighted by Gasteiger charge is 2.26. The molecule has 2 unspecified atom stereocenters. The van der Waals surface area contributed by atoms with Gasteiger partial charge in [0.05, 0.1) is 13.2 Å². The predicted molar refractivity (Wildman–Crippen MR) is 330 cm³/mol. The monoisotopic (exact) mass is 1090 g/mol. The number of carbonyl (C=O) groups is 2. The summed E-state index contributed by atoms with van der Waals surface area (Å²) in [5.74, 6) is -0.878. The number of ether oxygens (including phenoxy) is 2. The van der Waals surface area contributed by atoms with Gasteiger partial charge in [0.2, 0.25) is 0 Å². The fourth-order valence-corrected chi connectivity index (χ4v) is 9.10. The molecule has 0 bridgehead atoms. The summed E-state index contributed by atoms with van der Waals surface area (Å²) in [5.41, 5.74) is 5.38. The number of hydrogen-bond acceptors (Lipinski definition) is 8. The maximum Gasteiger partial charge on any atom is 0.472 e. The summed E-state index contributed by atoms with van der Waals surface area (Å²) in [4.78, 5) is 35.2. The molecule has 0 rings (SSSR count). The maximum absolute atomic E-state index is 12.7. The lowest BCUT2D eigenvalue weighted by atomic mass is 10.0. The molecule has 0 aliphatic carbocycles. The number of esters is 2. The molecule has 440 valence electrons. The van der Waals surface area contributed by atoms with Gasteiger partial charge >= 0.3 is 19.8 Å². The van der Waals surface area contributed by atoms with Crippen molar-refractivity contribution in [2.24, 2.45) is 5.73 Å². The van der Waals surface area contributed by atoms with Gasteiger partial charge in [-0.15, -0.1) is 0 Å². The first-order valence-electron chi connectivity index (χ1n) is 31.0. The topological polar surface area (TPSA) is 134 Å². The first-order valence-corrected chi connectivity index (χ1v) is 32.5. The summed E-state index contributed by atoms with van der Waals surface area (Å²) in [7, 11) is -4.41. The summed E-state index contributed by atoms with van der Waals surface area (Å²) in [6, 6.07) is 0. The van der Waals surface area contributed by atoms with Crippen molar-refractivity contribution in [3.63, 3.8) is 0 Å². The molecule has 3 N–H and O–H groups in total. The van der Waals surface area contributed by atoms with E-state index >= 15 is 0 Å². The lowest BCUT2D eigenvalue weighted by Gasteiger charge is -2.19. The van der Waals surface area contributed by atoms with Crippen molar-refractivity contribution < 1.29 is 37.6 Å². The second kappa shape index (κ2) is 61.6. The SMILES string of the molecule is CC/C=C\C/C=C\C/C=C\C/C=C\C/C=C\C/C=C\CCCCC(=O)OC(COC(=O)CCCCCCCCCCCCCCCCCCCCCCCC/C=C\C/C=C\C/C=C\C/C=C\CC)COP(=O)(O)OCCN. The van der Waals surface area contributed by atoms with Crippen molar-refractivity contribution in [3.05, 3.63) is 122 Å². The second-order valence-corrected chi connectivity index (χ2v) is 21.6. The molecule has 0 fully saturated rings. The minimum atomic E-state index is -4.41. The van der Waals surface area contributed by atoms with E-state index in [1.807, 2.05) is 0 Å². The smallest absolute Gasteiger partial charge is 0.462 e. The minimum Gasteiger partial charge on any atom is -0.462 e. The molecule has 0 amide bonds. The number of unbranched alkanes of at least 4 members (excludes halogenated alkanes) is 24. The van der Waals surface area contributed by atoms with Gasteiger partial charge in [0.25, 0.3) is 0 Å². The van der Waals surface area contributed by atoms with Gasteiger partial charge in [0, 0.05) is 19.4 Å². The third kappa shape index (κ3) is 61.5. The zero-order valence-corrected chi connectivity index (χ0v) is 50.0. The molecular weight excluding hydrogens is 978 g/mol. The Morgan fingerprint density at radius 2 is 0.675 bits per heavy atom. The van der Waals surface area contributed by atoms with Crippen LogP contribution in [0, 0.1) is 0 Å². The molecule has 77 heavy (non-hydrogen) atoms. The Bertz CT molecular complexity index is 1670. The van der Waals surface area contributed by atoms with Crippen LogP contribution in [0.3, 0.4) is 0 Å². The second-order valence-electron chi connectivity index (χ2n) is 20.2. The standard InChI is InChI=1S/C67H114NO8P/c1-3-5-7-9-11-13-15-17-19-21-23-25-26-27-28-29-30-31-32-33-34-35-36-37-38-40-41-43-45-47-49-51-53-55-57-59-66(69)73-63-65(64-75-77(71,72)74-62-61-68)76-67(70)60-58-56-54-52-50-48-46-44-42-39-24-22-20-18-16-14-12-10-8-6-4-2/h5-8,11-14,17-20,23-25,39,44,46,50,52,65H,3-4,9-10,15-16,21-22,26-38,40-43,45,47-49,51,53-64,68H2,1-2H3,(H,71,72)/b7-5-,8-6-,13-11-,14-12-,19-17-,20-18-,25-23-,39-24-,46-44-,52-50-. The van der Waals surface area contributed by atoms with Gasteiger partial charge < -0.3 is 20.1 Å². The summed E-state index contributed by atoms with van der Waals surface area (Å²) < 4.78 is 33.0. The molecule has 0 aliphatic heterocycles. The Morgan fingerprint density at radius 1 is 0.390 bits per heavy atom. The van der Waals surface area contributed by atoms with Gasteiger partial charge in [-0.25, -0.2) is 4.57 Å². The van der Waals surface area contributed by atoms with E-state index in [-0.39, 0.29) is 32.6 Å². The lowest BCUT2D eigenvalue weighted by Crippen LogP contribution is -2.29. The number of nitrogens with two attached hydrogens (primary N) is 1. The van der Waals surface area contributed by atoms with Crippen molar-refractivity contribution in [1.82, 2.24) is 0 Å². The first-order chi connectivity index (χ1) is 37.8. The zero-order chi connectivity index (χ0) is 55.9. The van der Waals surface area contributed by atoms with Crippen molar-refractivity contribution in [2.75, 3.05) is 26.4 Å². The van der Waals surface area contributed by atoms with Crippen molar-refractivity contribution >= 4 is 19.8 Å². The minimum absolute atomic E-state index is 0.0414. The van der Waals surface area contributed by atoms with Crippen LogP contribution in [0.2, 0.25) is 0 Å². The average Bonchev–Trinajstić information content (AvgIpc) is 3.42. The van der Waals surface area contributed by atoms with Gasteiger partial charge in [-0.1, -0.05) is 264 Å².